The molecule has 2 amide bonds. The quantitative estimate of drug-likeness (QED) is 0.665. The Labute approximate surface area is 179 Å². The maximum absolute atomic E-state index is 13.0. The fourth-order valence-electron chi connectivity index (χ4n) is 3.23. The van der Waals surface area contributed by atoms with Crippen molar-refractivity contribution in [3.05, 3.63) is 52.0 Å². The number of thiophene rings is 1. The number of likely N-dealkylation sites (N-methyl/N-ethyl adjacent to an activating group) is 1. The third kappa shape index (κ3) is 5.05. The zero-order chi connectivity index (χ0) is 21.7. The summed E-state index contributed by atoms with van der Waals surface area (Å²) >= 11 is 1.06. The highest BCUT2D eigenvalue weighted by Gasteiger charge is 2.33. The van der Waals surface area contributed by atoms with Gasteiger partial charge in [-0.3, -0.25) is 9.59 Å². The molecule has 1 fully saturated rings. The van der Waals surface area contributed by atoms with E-state index in [-0.39, 0.29) is 41.1 Å². The summed E-state index contributed by atoms with van der Waals surface area (Å²) < 4.78 is 40.2. The van der Waals surface area contributed by atoms with E-state index in [9.17, 15) is 22.4 Å². The van der Waals surface area contributed by atoms with Crippen LogP contribution in [0.3, 0.4) is 0 Å². The number of benzene rings is 1. The van der Waals surface area contributed by atoms with Crippen LogP contribution in [-0.2, 0) is 21.4 Å². The molecule has 1 aliphatic heterocycles. The van der Waals surface area contributed by atoms with Crippen LogP contribution in [-0.4, -0.2) is 55.6 Å². The number of hydrogen-bond acceptors (Lipinski definition) is 5. The minimum atomic E-state index is -3.73. The van der Waals surface area contributed by atoms with Gasteiger partial charge in [0.1, 0.15) is 15.6 Å². The molecule has 1 aromatic carbocycles. The first kappa shape index (κ1) is 22.4. The van der Waals surface area contributed by atoms with Crippen LogP contribution in [0.4, 0.5) is 4.39 Å². The van der Waals surface area contributed by atoms with Crippen molar-refractivity contribution in [1.29, 1.82) is 0 Å². The number of sulfonamides is 1. The molecule has 2 aromatic rings. The maximum Gasteiger partial charge on any atom is 0.265 e. The van der Waals surface area contributed by atoms with E-state index < -0.39 is 15.9 Å². The van der Waals surface area contributed by atoms with Crippen LogP contribution in [0.25, 0.3) is 0 Å². The molecule has 0 saturated carbocycles. The monoisotopic (exact) mass is 453 g/mol. The largest absolute Gasteiger partial charge is 0.350 e. The molecule has 1 aromatic heterocycles. The number of nitrogens with zero attached hydrogens (tertiary/aromatic N) is 2. The molecule has 0 unspecified atom stereocenters. The second kappa shape index (κ2) is 9.67. The van der Waals surface area contributed by atoms with E-state index in [2.05, 4.69) is 5.32 Å². The van der Waals surface area contributed by atoms with Gasteiger partial charge in [-0.15, -0.1) is 11.3 Å². The van der Waals surface area contributed by atoms with Crippen molar-refractivity contribution < 1.29 is 22.4 Å². The topological polar surface area (TPSA) is 86.8 Å². The number of nitrogens with one attached hydrogen (secondary N) is 1. The van der Waals surface area contributed by atoms with Crippen molar-refractivity contribution in [2.75, 3.05) is 26.2 Å². The molecule has 0 aliphatic carbocycles. The first-order chi connectivity index (χ1) is 14.3. The molecular weight excluding hydrogens is 429 g/mol. The van der Waals surface area contributed by atoms with Crippen molar-refractivity contribution in [1.82, 2.24) is 14.5 Å². The van der Waals surface area contributed by atoms with Gasteiger partial charge >= 0.3 is 0 Å². The van der Waals surface area contributed by atoms with Gasteiger partial charge in [-0.2, -0.15) is 4.31 Å². The Balaban J connectivity index is 1.67. The van der Waals surface area contributed by atoms with Crippen molar-refractivity contribution in [2.24, 2.45) is 0 Å². The SMILES string of the molecule is CCN(CC(=O)NCc1ccc(F)cc1)C(=O)c1sccc1S(=O)(=O)N1CCCC1. The zero-order valence-electron chi connectivity index (χ0n) is 16.6. The van der Waals surface area contributed by atoms with Crippen LogP contribution in [0.5, 0.6) is 0 Å². The summed E-state index contributed by atoms with van der Waals surface area (Å²) in [7, 11) is -3.73. The van der Waals surface area contributed by atoms with Gasteiger partial charge in [0.25, 0.3) is 5.91 Å². The molecule has 0 atom stereocenters. The Kier molecular flexibility index (Phi) is 7.22. The van der Waals surface area contributed by atoms with Crippen LogP contribution < -0.4 is 5.32 Å². The van der Waals surface area contributed by atoms with Crippen LogP contribution in [0, 0.1) is 5.82 Å². The van der Waals surface area contributed by atoms with Gasteiger partial charge < -0.3 is 10.2 Å². The second-order valence-corrected chi connectivity index (χ2v) is 9.77. The van der Waals surface area contributed by atoms with E-state index in [0.717, 1.165) is 29.7 Å². The fourth-order valence-corrected chi connectivity index (χ4v) is 6.11. The van der Waals surface area contributed by atoms with Crippen molar-refractivity contribution >= 4 is 33.2 Å². The molecule has 1 saturated heterocycles. The van der Waals surface area contributed by atoms with E-state index in [1.165, 1.54) is 27.4 Å². The number of amides is 2. The van der Waals surface area contributed by atoms with Gasteiger partial charge in [0.05, 0.1) is 6.54 Å². The van der Waals surface area contributed by atoms with E-state index in [0.29, 0.717) is 13.1 Å². The number of hydrogen-bond donors (Lipinski definition) is 1. The molecule has 1 N–H and O–H groups in total. The standard InChI is InChI=1S/C20H24FN3O4S2/c1-2-23(14-18(25)22-13-15-5-7-16(21)8-6-15)20(26)19-17(9-12-29-19)30(27,28)24-10-3-4-11-24/h5-9,12H,2-4,10-11,13-14H2,1H3,(H,22,25). The Bertz CT molecular complexity index is 999. The summed E-state index contributed by atoms with van der Waals surface area (Å²) in [5.41, 5.74) is 0.733. The lowest BCUT2D eigenvalue weighted by Gasteiger charge is -2.21. The number of carbonyl (C=O) groups is 2. The lowest BCUT2D eigenvalue weighted by molar-refractivity contribution is -0.121. The minimum absolute atomic E-state index is 0.00423. The normalized spacial score (nSPS) is 14.6. The lowest BCUT2D eigenvalue weighted by atomic mass is 10.2. The average Bonchev–Trinajstić information content (AvgIpc) is 3.43. The highest BCUT2D eigenvalue weighted by Crippen LogP contribution is 2.28. The molecule has 0 spiro atoms. The third-order valence-corrected chi connectivity index (χ3v) is 7.89. The van der Waals surface area contributed by atoms with Crippen LogP contribution in [0.15, 0.2) is 40.6 Å². The first-order valence-electron chi connectivity index (χ1n) is 9.71. The van der Waals surface area contributed by atoms with Crippen LogP contribution in [0.2, 0.25) is 0 Å². The summed E-state index contributed by atoms with van der Waals surface area (Å²) in [5, 5.41) is 4.28. The van der Waals surface area contributed by atoms with Gasteiger partial charge in [0, 0.05) is 26.2 Å². The highest BCUT2D eigenvalue weighted by molar-refractivity contribution is 7.89. The highest BCUT2D eigenvalue weighted by atomic mass is 32.2. The number of rotatable bonds is 8. The molecule has 1 aliphatic rings. The lowest BCUT2D eigenvalue weighted by Crippen LogP contribution is -2.40. The molecule has 162 valence electrons. The Morgan fingerprint density at radius 2 is 1.83 bits per heavy atom. The summed E-state index contributed by atoms with van der Waals surface area (Å²) in [5.74, 6) is -1.22. The minimum Gasteiger partial charge on any atom is -0.350 e. The number of halogens is 1. The van der Waals surface area contributed by atoms with E-state index in [4.69, 9.17) is 0 Å². The van der Waals surface area contributed by atoms with Gasteiger partial charge in [-0.25, -0.2) is 12.8 Å². The van der Waals surface area contributed by atoms with Gasteiger partial charge in [0.15, 0.2) is 0 Å². The summed E-state index contributed by atoms with van der Waals surface area (Å²) in [6.45, 7) is 2.90. The van der Waals surface area contributed by atoms with Gasteiger partial charge in [0.2, 0.25) is 15.9 Å². The summed E-state index contributed by atoms with van der Waals surface area (Å²) in [6, 6.07) is 7.21. The Morgan fingerprint density at radius 1 is 1.17 bits per heavy atom. The second-order valence-electron chi connectivity index (χ2n) is 6.95. The van der Waals surface area contributed by atoms with Gasteiger partial charge in [-0.05, 0) is 48.9 Å². The van der Waals surface area contributed by atoms with Crippen molar-refractivity contribution in [3.8, 4) is 0 Å². The molecule has 2 heterocycles. The summed E-state index contributed by atoms with van der Waals surface area (Å²) in [6.07, 6.45) is 1.61. The maximum atomic E-state index is 13.0. The summed E-state index contributed by atoms with van der Waals surface area (Å²) in [4.78, 5) is 26.8. The molecular formula is C20H24FN3O4S2. The van der Waals surface area contributed by atoms with Crippen molar-refractivity contribution in [3.63, 3.8) is 0 Å². The van der Waals surface area contributed by atoms with Crippen LogP contribution >= 0.6 is 11.3 Å². The fraction of sp³-hybridized carbons (Fsp3) is 0.400. The molecule has 7 nitrogen and oxygen atoms in total. The third-order valence-electron chi connectivity index (χ3n) is 4.91. The molecule has 3 rings (SSSR count). The smallest absolute Gasteiger partial charge is 0.265 e. The predicted octanol–water partition coefficient (Wildman–Crippen LogP) is 2.45. The predicted molar refractivity (Wildman–Crippen MR) is 112 cm³/mol. The zero-order valence-corrected chi connectivity index (χ0v) is 18.3. The molecule has 0 radical (unpaired) electrons. The van der Waals surface area contributed by atoms with Crippen LogP contribution in [0.1, 0.15) is 35.0 Å². The number of carbonyl (C=O) groups excluding carboxylic acids is 2. The van der Waals surface area contributed by atoms with E-state index >= 15 is 0 Å². The Morgan fingerprint density at radius 3 is 2.47 bits per heavy atom. The van der Waals surface area contributed by atoms with E-state index in [1.807, 2.05) is 0 Å². The van der Waals surface area contributed by atoms with Gasteiger partial charge in [-0.1, -0.05) is 12.1 Å². The Hall–Kier alpha value is -2.30. The average molecular weight is 454 g/mol. The van der Waals surface area contributed by atoms with Crippen molar-refractivity contribution in [2.45, 2.75) is 31.2 Å². The molecule has 0 bridgehead atoms. The first-order valence-corrected chi connectivity index (χ1v) is 12.0. The molecule has 10 heteroatoms. The molecule has 30 heavy (non-hydrogen) atoms. The van der Waals surface area contributed by atoms with E-state index in [1.54, 1.807) is 24.4 Å².